The Morgan fingerprint density at radius 2 is 1.68 bits per heavy atom. The number of ether oxygens (including phenoxy) is 5. The van der Waals surface area contributed by atoms with Crippen LogP contribution in [-0.2, 0) is 23.7 Å². The van der Waals surface area contributed by atoms with E-state index in [1.165, 1.54) is 14.2 Å². The molecule has 0 aromatic rings. The summed E-state index contributed by atoms with van der Waals surface area (Å²) in [6.45, 7) is 12.0. The topological polar surface area (TPSA) is 101 Å². The van der Waals surface area contributed by atoms with Gasteiger partial charge in [0.15, 0.2) is 0 Å². The molecule has 0 heterocycles. The third-order valence-corrected chi connectivity index (χ3v) is 10.9. The lowest BCUT2D eigenvalue weighted by Crippen LogP contribution is -2.67. The molecule has 0 saturated heterocycles. The summed E-state index contributed by atoms with van der Waals surface area (Å²) in [4.78, 5) is 24.2. The lowest BCUT2D eigenvalue weighted by Gasteiger charge is -2.63. The Morgan fingerprint density at radius 3 is 2.34 bits per heavy atom. The van der Waals surface area contributed by atoms with Crippen LogP contribution in [0, 0.1) is 40.4 Å². The minimum Gasteiger partial charge on any atom is -0.438 e. The van der Waals surface area contributed by atoms with Gasteiger partial charge in [0.1, 0.15) is 12.2 Å². The van der Waals surface area contributed by atoms with Crippen LogP contribution in [-0.4, -0.2) is 62.2 Å². The highest BCUT2D eigenvalue weighted by Gasteiger charge is 2.67. The maximum Gasteiger partial charge on any atom is 0.508 e. The van der Waals surface area contributed by atoms with Gasteiger partial charge in [-0.1, -0.05) is 39.8 Å². The fraction of sp³-hybridized carbons (Fsp3) is 0.867. The standard InChI is InChI=1S/C30H48O8/c1-18(2)12-15-36-19(3)22-8-9-23-21-10-14-30(33)17-20(37-26(31)34-6)16-25(38-27(32)35-7)29(30,5)24(21)11-13-28(22,23)4/h10,14,18-25,33H,8-9,11-13,15-17H2,1-7H3/t19?,20-,21-,22+,23-,24-,25-,28+,29-,30+/m0/s1. The second kappa shape index (κ2) is 11.0. The van der Waals surface area contributed by atoms with E-state index < -0.39 is 35.5 Å². The van der Waals surface area contributed by atoms with Crippen LogP contribution in [0.15, 0.2) is 12.2 Å². The molecule has 216 valence electrons. The molecule has 0 aliphatic heterocycles. The Balaban J connectivity index is 1.61. The molecule has 3 saturated carbocycles. The first-order chi connectivity index (χ1) is 17.9. The maximum atomic E-state index is 12.3. The summed E-state index contributed by atoms with van der Waals surface area (Å²) in [5.74, 6) is 1.95. The van der Waals surface area contributed by atoms with E-state index in [1.54, 1.807) is 0 Å². The minimum absolute atomic E-state index is 0.111. The molecule has 1 N–H and O–H groups in total. The fourth-order valence-electron chi connectivity index (χ4n) is 8.68. The number of fused-ring (bicyclic) bond motifs is 5. The summed E-state index contributed by atoms with van der Waals surface area (Å²) < 4.78 is 27.2. The van der Waals surface area contributed by atoms with E-state index in [1.807, 2.05) is 13.0 Å². The van der Waals surface area contributed by atoms with Crippen molar-refractivity contribution in [3.05, 3.63) is 12.2 Å². The van der Waals surface area contributed by atoms with Crippen LogP contribution in [0.3, 0.4) is 0 Å². The molecule has 0 aromatic carbocycles. The van der Waals surface area contributed by atoms with Crippen LogP contribution in [0.4, 0.5) is 9.59 Å². The van der Waals surface area contributed by atoms with Crippen LogP contribution in [0.25, 0.3) is 0 Å². The van der Waals surface area contributed by atoms with Crippen LogP contribution < -0.4 is 0 Å². The number of rotatable bonds is 7. The minimum atomic E-state index is -1.30. The third-order valence-electron chi connectivity index (χ3n) is 10.9. The number of hydrogen-bond acceptors (Lipinski definition) is 8. The van der Waals surface area contributed by atoms with Crippen LogP contribution in [0.5, 0.6) is 0 Å². The van der Waals surface area contributed by atoms with Gasteiger partial charge < -0.3 is 28.8 Å². The zero-order valence-electron chi connectivity index (χ0n) is 24.2. The predicted molar refractivity (Wildman–Crippen MR) is 141 cm³/mol. The van der Waals surface area contributed by atoms with Gasteiger partial charge in [-0.2, -0.15) is 0 Å². The highest BCUT2D eigenvalue weighted by atomic mass is 16.7. The van der Waals surface area contributed by atoms with Gasteiger partial charge in [0.2, 0.25) is 0 Å². The second-order valence-corrected chi connectivity index (χ2v) is 13.0. The smallest absolute Gasteiger partial charge is 0.438 e. The summed E-state index contributed by atoms with van der Waals surface area (Å²) in [7, 11) is 2.53. The van der Waals surface area contributed by atoms with Crippen molar-refractivity contribution in [2.75, 3.05) is 20.8 Å². The van der Waals surface area contributed by atoms with Crippen molar-refractivity contribution in [2.45, 2.75) is 103 Å². The molecule has 4 rings (SSSR count). The molecular weight excluding hydrogens is 488 g/mol. The van der Waals surface area contributed by atoms with E-state index in [4.69, 9.17) is 23.7 Å². The van der Waals surface area contributed by atoms with E-state index in [2.05, 4.69) is 33.8 Å². The Morgan fingerprint density at radius 1 is 1.00 bits per heavy atom. The first kappa shape index (κ1) is 29.2. The van der Waals surface area contributed by atoms with Gasteiger partial charge in [-0.15, -0.1) is 0 Å². The van der Waals surface area contributed by atoms with E-state index in [9.17, 15) is 14.7 Å². The van der Waals surface area contributed by atoms with Gasteiger partial charge >= 0.3 is 12.3 Å². The van der Waals surface area contributed by atoms with Crippen molar-refractivity contribution in [3.8, 4) is 0 Å². The zero-order valence-corrected chi connectivity index (χ0v) is 24.2. The molecule has 8 heteroatoms. The number of allylic oxidation sites excluding steroid dienone is 1. The Bertz CT molecular complexity index is 903. The molecular formula is C30H48O8. The normalized spacial score (nSPS) is 42.4. The lowest BCUT2D eigenvalue weighted by molar-refractivity contribution is -0.221. The fourth-order valence-corrected chi connectivity index (χ4v) is 8.68. The number of carbonyl (C=O) groups is 2. The molecule has 0 aromatic heterocycles. The number of aliphatic hydroxyl groups is 1. The number of hydrogen-bond donors (Lipinski definition) is 1. The molecule has 10 atom stereocenters. The van der Waals surface area contributed by atoms with Gasteiger partial charge in [-0.25, -0.2) is 9.59 Å². The van der Waals surface area contributed by atoms with Gasteiger partial charge in [-0.3, -0.25) is 0 Å². The first-order valence-corrected chi connectivity index (χ1v) is 14.4. The third kappa shape index (κ3) is 4.96. The van der Waals surface area contributed by atoms with Crippen LogP contribution >= 0.6 is 0 Å². The molecule has 0 bridgehead atoms. The Labute approximate surface area is 227 Å². The summed E-state index contributed by atoms with van der Waals surface area (Å²) in [5, 5.41) is 12.1. The largest absolute Gasteiger partial charge is 0.508 e. The zero-order chi connectivity index (χ0) is 27.9. The molecule has 4 aliphatic carbocycles. The SMILES string of the molecule is COC(=O)O[C@H]1C[C@H](OC(=O)OC)[C@]2(C)[C@H]3CC[C@]4(C)[C@@H](C(C)OCCC(C)C)CC[C@H]4[C@@H]3C=C[C@@]2(O)C1. The number of methoxy groups -OCH3 is 2. The second-order valence-electron chi connectivity index (χ2n) is 13.0. The molecule has 3 fully saturated rings. The van der Waals surface area contributed by atoms with Crippen molar-refractivity contribution in [2.24, 2.45) is 40.4 Å². The van der Waals surface area contributed by atoms with Gasteiger partial charge in [0.25, 0.3) is 0 Å². The number of carbonyl (C=O) groups excluding carboxylic acids is 2. The first-order valence-electron chi connectivity index (χ1n) is 14.4. The monoisotopic (exact) mass is 536 g/mol. The van der Waals surface area contributed by atoms with E-state index in [0.29, 0.717) is 17.8 Å². The summed E-state index contributed by atoms with van der Waals surface area (Å²) >= 11 is 0. The van der Waals surface area contributed by atoms with Gasteiger partial charge in [0.05, 0.1) is 25.9 Å². The predicted octanol–water partition coefficient (Wildman–Crippen LogP) is 5.90. The van der Waals surface area contributed by atoms with Crippen molar-refractivity contribution in [1.82, 2.24) is 0 Å². The lowest BCUT2D eigenvalue weighted by atomic mass is 9.44. The molecule has 0 amide bonds. The van der Waals surface area contributed by atoms with Crippen LogP contribution in [0.2, 0.25) is 0 Å². The van der Waals surface area contributed by atoms with E-state index >= 15 is 0 Å². The van der Waals surface area contributed by atoms with Gasteiger partial charge in [0, 0.05) is 24.9 Å². The van der Waals surface area contributed by atoms with Gasteiger partial charge in [-0.05, 0) is 74.0 Å². The Kier molecular flexibility index (Phi) is 8.44. The maximum absolute atomic E-state index is 12.3. The average Bonchev–Trinajstić information content (AvgIpc) is 3.22. The summed E-state index contributed by atoms with van der Waals surface area (Å²) in [6, 6.07) is 0. The molecule has 0 spiro atoms. The molecule has 4 aliphatic rings. The van der Waals surface area contributed by atoms with Crippen LogP contribution in [0.1, 0.15) is 79.6 Å². The van der Waals surface area contributed by atoms with E-state index in [0.717, 1.165) is 38.7 Å². The summed E-state index contributed by atoms with van der Waals surface area (Å²) in [5.41, 5.74) is -1.91. The van der Waals surface area contributed by atoms with Crippen molar-refractivity contribution in [3.63, 3.8) is 0 Å². The highest BCUT2D eigenvalue weighted by Crippen LogP contribution is 2.67. The van der Waals surface area contributed by atoms with Crippen molar-refractivity contribution < 1.29 is 38.4 Å². The summed E-state index contributed by atoms with van der Waals surface area (Å²) in [6.07, 6.45) is 7.17. The quantitative estimate of drug-likeness (QED) is 0.317. The molecule has 0 radical (unpaired) electrons. The van der Waals surface area contributed by atoms with Crippen molar-refractivity contribution >= 4 is 12.3 Å². The molecule has 8 nitrogen and oxygen atoms in total. The van der Waals surface area contributed by atoms with Crippen molar-refractivity contribution in [1.29, 1.82) is 0 Å². The van der Waals surface area contributed by atoms with E-state index in [-0.39, 0.29) is 36.2 Å². The average molecular weight is 537 g/mol. The molecule has 1 unspecified atom stereocenters. The Hall–Kier alpha value is -1.80. The highest BCUT2D eigenvalue weighted by molar-refractivity contribution is 5.61. The molecule has 38 heavy (non-hydrogen) atoms.